The van der Waals surface area contributed by atoms with Gasteiger partial charge in [-0.15, -0.1) is 0 Å². The van der Waals surface area contributed by atoms with Gasteiger partial charge < -0.3 is 15.3 Å². The number of aromatic nitrogens is 1. The number of anilines is 3. The molecule has 0 fully saturated rings. The molecule has 1 atom stereocenters. The normalized spacial score (nSPS) is 13.0. The van der Waals surface area contributed by atoms with Gasteiger partial charge in [-0.3, -0.25) is 4.79 Å². The SMILES string of the molecule is CC(C)CN(CC(C)C)c1ccc(C(C)CC(=O)O)cc1Nc1cnc(C(F)(F)F)s1. The summed E-state index contributed by atoms with van der Waals surface area (Å²) in [6, 6.07) is 5.66. The van der Waals surface area contributed by atoms with E-state index in [1.807, 2.05) is 25.1 Å². The van der Waals surface area contributed by atoms with Crippen LogP contribution in [0.1, 0.15) is 57.5 Å². The Balaban J connectivity index is 2.47. The maximum atomic E-state index is 13.0. The lowest BCUT2D eigenvalue weighted by Crippen LogP contribution is -2.31. The summed E-state index contributed by atoms with van der Waals surface area (Å²) in [5, 5.41) is 11.6. The molecule has 1 aromatic carbocycles. The van der Waals surface area contributed by atoms with Crippen LogP contribution in [0.25, 0.3) is 0 Å². The smallest absolute Gasteiger partial charge is 0.443 e. The number of halogens is 3. The van der Waals surface area contributed by atoms with Crippen molar-refractivity contribution in [1.82, 2.24) is 4.98 Å². The van der Waals surface area contributed by atoms with Gasteiger partial charge in [0.25, 0.3) is 0 Å². The van der Waals surface area contributed by atoms with E-state index in [4.69, 9.17) is 5.11 Å². The third-order valence-corrected chi connectivity index (χ3v) is 5.55. The van der Waals surface area contributed by atoms with Crippen molar-refractivity contribution in [2.24, 2.45) is 11.8 Å². The third kappa shape index (κ3) is 7.41. The summed E-state index contributed by atoms with van der Waals surface area (Å²) in [5.41, 5.74) is 2.33. The molecule has 172 valence electrons. The molecule has 0 aliphatic rings. The van der Waals surface area contributed by atoms with Gasteiger partial charge in [0.15, 0.2) is 5.01 Å². The fourth-order valence-corrected chi connectivity index (χ4v) is 4.06. The van der Waals surface area contributed by atoms with Crippen LogP contribution in [0.4, 0.5) is 29.5 Å². The minimum Gasteiger partial charge on any atom is -0.481 e. The fraction of sp³-hybridized carbons (Fsp3) is 0.545. The summed E-state index contributed by atoms with van der Waals surface area (Å²) in [4.78, 5) is 16.8. The molecule has 2 aromatic rings. The summed E-state index contributed by atoms with van der Waals surface area (Å²) in [6.45, 7) is 11.8. The maximum absolute atomic E-state index is 13.0. The van der Waals surface area contributed by atoms with Crippen molar-refractivity contribution in [2.45, 2.75) is 53.1 Å². The maximum Gasteiger partial charge on any atom is 0.443 e. The summed E-state index contributed by atoms with van der Waals surface area (Å²) < 4.78 is 38.9. The standard InChI is InChI=1S/C22H30F3N3O2S/c1-13(2)11-28(12-14(3)4)18-7-6-16(15(5)8-20(29)30)9-17(18)27-19-10-26-21(31-19)22(23,24)25/h6-7,9-10,13-15,27H,8,11-12H2,1-5H3,(H,29,30). The van der Waals surface area contributed by atoms with E-state index in [-0.39, 0.29) is 17.3 Å². The van der Waals surface area contributed by atoms with Crippen molar-refractivity contribution in [2.75, 3.05) is 23.3 Å². The molecule has 0 aliphatic heterocycles. The van der Waals surface area contributed by atoms with Crippen molar-refractivity contribution in [3.63, 3.8) is 0 Å². The third-order valence-electron chi connectivity index (χ3n) is 4.59. The Labute approximate surface area is 185 Å². The second kappa shape index (κ2) is 10.3. The van der Waals surface area contributed by atoms with Crippen molar-refractivity contribution in [3.05, 3.63) is 35.0 Å². The van der Waals surface area contributed by atoms with Gasteiger partial charge >= 0.3 is 12.1 Å². The highest BCUT2D eigenvalue weighted by atomic mass is 32.1. The Morgan fingerprint density at radius 3 is 2.26 bits per heavy atom. The first kappa shape index (κ1) is 25.0. The molecule has 9 heteroatoms. The van der Waals surface area contributed by atoms with Crippen molar-refractivity contribution in [3.8, 4) is 0 Å². The molecule has 1 heterocycles. The molecule has 0 bridgehead atoms. The van der Waals surface area contributed by atoms with Crippen LogP contribution >= 0.6 is 11.3 Å². The predicted molar refractivity (Wildman–Crippen MR) is 119 cm³/mol. The predicted octanol–water partition coefficient (Wildman–Crippen LogP) is 6.60. The van der Waals surface area contributed by atoms with Gasteiger partial charge in [-0.25, -0.2) is 4.98 Å². The van der Waals surface area contributed by atoms with Crippen LogP contribution in [0, 0.1) is 11.8 Å². The van der Waals surface area contributed by atoms with Gasteiger partial charge in [0.1, 0.15) is 5.00 Å². The van der Waals surface area contributed by atoms with Crippen LogP contribution in [0.3, 0.4) is 0 Å². The molecule has 2 N–H and O–H groups in total. The molecule has 0 spiro atoms. The van der Waals surface area contributed by atoms with E-state index >= 15 is 0 Å². The number of nitrogens with zero attached hydrogens (tertiary/aromatic N) is 2. The first-order chi connectivity index (χ1) is 14.4. The second-order valence-corrected chi connectivity index (χ2v) is 9.65. The van der Waals surface area contributed by atoms with Crippen molar-refractivity contribution < 1.29 is 23.1 Å². The fourth-order valence-electron chi connectivity index (χ4n) is 3.36. The molecular formula is C22H30F3N3O2S. The van der Waals surface area contributed by atoms with E-state index in [0.29, 0.717) is 28.9 Å². The number of hydrogen-bond acceptors (Lipinski definition) is 5. The summed E-state index contributed by atoms with van der Waals surface area (Å²) >= 11 is 0.548. The number of benzene rings is 1. The molecule has 1 aromatic heterocycles. The molecule has 5 nitrogen and oxygen atoms in total. The van der Waals surface area contributed by atoms with Gasteiger partial charge in [-0.2, -0.15) is 13.2 Å². The number of carbonyl (C=O) groups is 1. The molecule has 0 amide bonds. The Morgan fingerprint density at radius 2 is 1.77 bits per heavy atom. The average Bonchev–Trinajstić information content (AvgIpc) is 3.08. The Kier molecular flexibility index (Phi) is 8.34. The minimum atomic E-state index is -4.49. The molecule has 0 saturated heterocycles. The van der Waals surface area contributed by atoms with E-state index in [2.05, 4.69) is 42.9 Å². The van der Waals surface area contributed by atoms with Gasteiger partial charge in [0, 0.05) is 13.1 Å². The molecule has 31 heavy (non-hydrogen) atoms. The van der Waals surface area contributed by atoms with E-state index in [9.17, 15) is 18.0 Å². The number of alkyl halides is 3. The van der Waals surface area contributed by atoms with Gasteiger partial charge in [-0.1, -0.05) is 52.0 Å². The highest BCUT2D eigenvalue weighted by Crippen LogP contribution is 2.38. The lowest BCUT2D eigenvalue weighted by Gasteiger charge is -2.31. The van der Waals surface area contributed by atoms with Crippen LogP contribution in [0.2, 0.25) is 0 Å². The summed E-state index contributed by atoms with van der Waals surface area (Å²) in [5.74, 6) is -0.359. The number of hydrogen-bond donors (Lipinski definition) is 2. The monoisotopic (exact) mass is 457 g/mol. The lowest BCUT2D eigenvalue weighted by atomic mass is 9.96. The van der Waals surface area contributed by atoms with E-state index in [1.54, 1.807) is 0 Å². The number of nitrogens with one attached hydrogen (secondary N) is 1. The zero-order valence-electron chi connectivity index (χ0n) is 18.5. The van der Waals surface area contributed by atoms with Crippen LogP contribution in [-0.4, -0.2) is 29.1 Å². The van der Waals surface area contributed by atoms with Crippen molar-refractivity contribution in [1.29, 1.82) is 0 Å². The quantitative estimate of drug-likeness (QED) is 0.421. The highest BCUT2D eigenvalue weighted by molar-refractivity contribution is 7.15. The molecule has 0 radical (unpaired) electrons. The number of rotatable bonds is 10. The van der Waals surface area contributed by atoms with Gasteiger partial charge in [-0.05, 0) is 35.4 Å². The Hall–Kier alpha value is -2.29. The first-order valence-corrected chi connectivity index (χ1v) is 11.1. The lowest BCUT2D eigenvalue weighted by molar-refractivity contribution is -0.138. The van der Waals surface area contributed by atoms with Crippen LogP contribution < -0.4 is 10.2 Å². The second-order valence-electron chi connectivity index (χ2n) is 8.62. The molecule has 2 rings (SSSR count). The highest BCUT2D eigenvalue weighted by Gasteiger charge is 2.34. The van der Waals surface area contributed by atoms with E-state index < -0.39 is 17.2 Å². The zero-order valence-corrected chi connectivity index (χ0v) is 19.3. The van der Waals surface area contributed by atoms with E-state index in [0.717, 1.165) is 24.3 Å². The van der Waals surface area contributed by atoms with Crippen LogP contribution in [-0.2, 0) is 11.0 Å². The summed E-state index contributed by atoms with van der Waals surface area (Å²) in [7, 11) is 0. The van der Waals surface area contributed by atoms with Crippen LogP contribution in [0.5, 0.6) is 0 Å². The molecule has 1 unspecified atom stereocenters. The molecule has 0 aliphatic carbocycles. The Morgan fingerprint density at radius 1 is 1.16 bits per heavy atom. The number of carboxylic acid groups (broad SMARTS) is 1. The molecule has 0 saturated carbocycles. The van der Waals surface area contributed by atoms with Gasteiger partial charge in [0.2, 0.25) is 0 Å². The minimum absolute atomic E-state index is 0.0285. The molecular weight excluding hydrogens is 427 g/mol. The van der Waals surface area contributed by atoms with Crippen molar-refractivity contribution >= 4 is 33.7 Å². The largest absolute Gasteiger partial charge is 0.481 e. The average molecular weight is 458 g/mol. The van der Waals surface area contributed by atoms with Gasteiger partial charge in [0.05, 0.1) is 24.0 Å². The number of carboxylic acids is 1. The zero-order chi connectivity index (χ0) is 23.3. The number of aliphatic carboxylic acids is 1. The Bertz CT molecular complexity index is 871. The summed E-state index contributed by atoms with van der Waals surface area (Å²) in [6.07, 6.45) is -3.34. The van der Waals surface area contributed by atoms with E-state index in [1.165, 1.54) is 6.20 Å². The topological polar surface area (TPSA) is 65.5 Å². The first-order valence-electron chi connectivity index (χ1n) is 10.3. The van der Waals surface area contributed by atoms with Crippen LogP contribution in [0.15, 0.2) is 24.4 Å². The number of thiazole rings is 1.